The fraction of sp³-hybridized carbons (Fsp3) is 0.542. The molecule has 0 aromatic carbocycles. The molecular weight excluding hydrogens is 450 g/mol. The second kappa shape index (κ2) is 9.42. The van der Waals surface area contributed by atoms with Gasteiger partial charge >= 0.3 is 0 Å². The summed E-state index contributed by atoms with van der Waals surface area (Å²) < 4.78 is 5.47. The lowest BCUT2D eigenvalue weighted by molar-refractivity contribution is 0.0926. The van der Waals surface area contributed by atoms with Crippen LogP contribution in [-0.4, -0.2) is 71.3 Å². The number of fused-ring (bicyclic) bond motifs is 1. The second-order valence-corrected chi connectivity index (χ2v) is 10.8. The predicted molar refractivity (Wildman–Crippen MR) is 134 cm³/mol. The topological polar surface area (TPSA) is 96.4 Å². The molecule has 2 fully saturated rings. The average molecular weight is 482 g/mol. The Morgan fingerprint density at radius 1 is 1.06 bits per heavy atom. The zero-order chi connectivity index (χ0) is 23.7. The molecule has 0 aliphatic carbocycles. The maximum absolute atomic E-state index is 12.7. The van der Waals surface area contributed by atoms with E-state index in [1.165, 1.54) is 0 Å². The van der Waals surface area contributed by atoms with Gasteiger partial charge in [-0.2, -0.15) is 0 Å². The first-order chi connectivity index (χ1) is 16.4. The van der Waals surface area contributed by atoms with Gasteiger partial charge in [0.2, 0.25) is 0 Å². The first-order valence-electron chi connectivity index (χ1n) is 11.8. The maximum Gasteiger partial charge on any atom is 0.270 e. The van der Waals surface area contributed by atoms with E-state index in [1.54, 1.807) is 23.9 Å². The number of aromatic nitrogens is 4. The molecule has 0 unspecified atom stereocenters. The van der Waals surface area contributed by atoms with Gasteiger partial charge in [-0.1, -0.05) is 38.2 Å². The number of carbonyl (C=O) groups excluding carboxylic acids is 1. The molecule has 10 heteroatoms. The number of ether oxygens (including phenoxy) is 1. The normalized spacial score (nSPS) is 17.9. The molecule has 0 spiro atoms. The third-order valence-electron chi connectivity index (χ3n) is 6.44. The van der Waals surface area contributed by atoms with Crippen LogP contribution in [0.15, 0.2) is 24.7 Å². The molecule has 0 bridgehead atoms. The Balaban J connectivity index is 1.21. The Bertz CT molecular complexity index is 1140. The number of amides is 1. The standard InChI is InChI=1S/C24H31N7O2S/c1-24(2,3)16-4-5-18(25-14-16)21(32)28-17-6-8-31(9-7-17)23-29-19-20(26-15-27-22(19)34-23)30-10-12-33-13-11-30/h4-5,14-15,17H,6-13H2,1-3H3,(H,28,32). The Hall–Kier alpha value is -2.85. The van der Waals surface area contributed by atoms with Gasteiger partial charge in [0.15, 0.2) is 15.8 Å². The minimum atomic E-state index is -0.107. The summed E-state index contributed by atoms with van der Waals surface area (Å²) in [5.41, 5.74) is 2.47. The fourth-order valence-corrected chi connectivity index (χ4v) is 5.27. The lowest BCUT2D eigenvalue weighted by Gasteiger charge is -2.32. The number of hydrogen-bond acceptors (Lipinski definition) is 9. The Morgan fingerprint density at radius 3 is 2.50 bits per heavy atom. The molecule has 2 aliphatic rings. The molecule has 0 radical (unpaired) electrons. The van der Waals surface area contributed by atoms with Crippen LogP contribution in [0.25, 0.3) is 10.3 Å². The number of morpholine rings is 1. The average Bonchev–Trinajstić information content (AvgIpc) is 3.29. The van der Waals surface area contributed by atoms with Crippen molar-refractivity contribution in [3.05, 3.63) is 35.9 Å². The van der Waals surface area contributed by atoms with Crippen molar-refractivity contribution in [1.29, 1.82) is 0 Å². The number of pyridine rings is 1. The molecule has 3 aromatic rings. The highest BCUT2D eigenvalue weighted by atomic mass is 32.1. The lowest BCUT2D eigenvalue weighted by atomic mass is 9.88. The SMILES string of the molecule is CC(C)(C)c1ccc(C(=O)NC2CCN(c3nc4c(N5CCOCC5)ncnc4s3)CC2)nc1. The zero-order valence-electron chi connectivity index (χ0n) is 20.0. The van der Waals surface area contributed by atoms with Crippen LogP contribution in [0.4, 0.5) is 10.9 Å². The van der Waals surface area contributed by atoms with E-state index in [1.807, 2.05) is 12.1 Å². The van der Waals surface area contributed by atoms with Gasteiger partial charge in [0.25, 0.3) is 5.91 Å². The third-order valence-corrected chi connectivity index (χ3v) is 7.46. The molecular formula is C24H31N7O2S. The Kier molecular flexibility index (Phi) is 6.35. The summed E-state index contributed by atoms with van der Waals surface area (Å²) in [7, 11) is 0. The van der Waals surface area contributed by atoms with Gasteiger partial charge in [0.05, 0.1) is 13.2 Å². The van der Waals surface area contributed by atoms with Crippen LogP contribution >= 0.6 is 11.3 Å². The van der Waals surface area contributed by atoms with E-state index in [0.717, 1.165) is 65.9 Å². The summed E-state index contributed by atoms with van der Waals surface area (Å²) in [6, 6.07) is 3.94. The Labute approximate surface area is 203 Å². The van der Waals surface area contributed by atoms with E-state index in [4.69, 9.17) is 9.72 Å². The molecule has 0 saturated carbocycles. The van der Waals surface area contributed by atoms with Crippen LogP contribution in [0.2, 0.25) is 0 Å². The molecule has 2 aliphatic heterocycles. The highest BCUT2D eigenvalue weighted by molar-refractivity contribution is 7.21. The number of piperidine rings is 1. The van der Waals surface area contributed by atoms with Crippen LogP contribution in [0.5, 0.6) is 0 Å². The highest BCUT2D eigenvalue weighted by Crippen LogP contribution is 2.33. The smallest absolute Gasteiger partial charge is 0.270 e. The van der Waals surface area contributed by atoms with E-state index in [2.05, 4.69) is 50.8 Å². The summed E-state index contributed by atoms with van der Waals surface area (Å²) in [4.78, 5) is 36.4. The third kappa shape index (κ3) is 4.83. The number of anilines is 2. The van der Waals surface area contributed by atoms with Crippen molar-refractivity contribution in [2.75, 3.05) is 49.2 Å². The molecule has 9 nitrogen and oxygen atoms in total. The minimum absolute atomic E-state index is 0.0179. The monoisotopic (exact) mass is 481 g/mol. The molecule has 2 saturated heterocycles. The molecule has 3 aromatic heterocycles. The van der Waals surface area contributed by atoms with Gasteiger partial charge in [-0.25, -0.2) is 15.0 Å². The quantitative estimate of drug-likeness (QED) is 0.608. The first-order valence-corrected chi connectivity index (χ1v) is 12.7. The predicted octanol–water partition coefficient (Wildman–Crippen LogP) is 3.01. The summed E-state index contributed by atoms with van der Waals surface area (Å²) in [5.74, 6) is 0.784. The van der Waals surface area contributed by atoms with Crippen molar-refractivity contribution in [1.82, 2.24) is 25.3 Å². The van der Waals surface area contributed by atoms with Crippen LogP contribution < -0.4 is 15.1 Å². The van der Waals surface area contributed by atoms with Gasteiger partial charge in [-0.15, -0.1) is 0 Å². The number of carbonyl (C=O) groups is 1. The zero-order valence-corrected chi connectivity index (χ0v) is 20.8. The largest absolute Gasteiger partial charge is 0.378 e. The number of thiazole rings is 1. The molecule has 1 N–H and O–H groups in total. The van der Waals surface area contributed by atoms with Crippen LogP contribution in [0, 0.1) is 0 Å². The van der Waals surface area contributed by atoms with Gasteiger partial charge in [0, 0.05) is 38.4 Å². The minimum Gasteiger partial charge on any atom is -0.378 e. The molecule has 34 heavy (non-hydrogen) atoms. The van der Waals surface area contributed by atoms with E-state index < -0.39 is 0 Å². The van der Waals surface area contributed by atoms with Gasteiger partial charge < -0.3 is 19.9 Å². The van der Waals surface area contributed by atoms with Crippen molar-refractivity contribution < 1.29 is 9.53 Å². The Morgan fingerprint density at radius 2 is 1.82 bits per heavy atom. The molecule has 180 valence electrons. The highest BCUT2D eigenvalue weighted by Gasteiger charge is 2.25. The fourth-order valence-electron chi connectivity index (χ4n) is 4.32. The van der Waals surface area contributed by atoms with E-state index in [0.29, 0.717) is 18.9 Å². The summed E-state index contributed by atoms with van der Waals surface area (Å²) in [6.45, 7) is 11.1. The van der Waals surface area contributed by atoms with Crippen molar-refractivity contribution in [3.8, 4) is 0 Å². The van der Waals surface area contributed by atoms with Crippen molar-refractivity contribution in [2.24, 2.45) is 0 Å². The first kappa shape index (κ1) is 22.9. The number of nitrogens with one attached hydrogen (secondary N) is 1. The van der Waals surface area contributed by atoms with Crippen molar-refractivity contribution in [3.63, 3.8) is 0 Å². The molecule has 5 rings (SSSR count). The van der Waals surface area contributed by atoms with Gasteiger partial charge in [-0.05, 0) is 29.9 Å². The van der Waals surface area contributed by atoms with Crippen LogP contribution in [0.3, 0.4) is 0 Å². The number of nitrogens with zero attached hydrogens (tertiary/aromatic N) is 6. The maximum atomic E-state index is 12.7. The molecule has 1 amide bonds. The van der Waals surface area contributed by atoms with Gasteiger partial charge in [0.1, 0.15) is 17.5 Å². The number of rotatable bonds is 4. The molecule has 0 atom stereocenters. The van der Waals surface area contributed by atoms with E-state index in [9.17, 15) is 4.79 Å². The van der Waals surface area contributed by atoms with Crippen molar-refractivity contribution in [2.45, 2.75) is 45.1 Å². The lowest BCUT2D eigenvalue weighted by Crippen LogP contribution is -2.44. The van der Waals surface area contributed by atoms with Gasteiger partial charge in [-0.3, -0.25) is 9.78 Å². The van der Waals surface area contributed by atoms with Crippen LogP contribution in [0.1, 0.15) is 49.7 Å². The summed E-state index contributed by atoms with van der Waals surface area (Å²) >= 11 is 1.61. The summed E-state index contributed by atoms with van der Waals surface area (Å²) in [6.07, 6.45) is 5.16. The van der Waals surface area contributed by atoms with Crippen LogP contribution in [-0.2, 0) is 10.2 Å². The van der Waals surface area contributed by atoms with E-state index >= 15 is 0 Å². The number of hydrogen-bond donors (Lipinski definition) is 1. The summed E-state index contributed by atoms with van der Waals surface area (Å²) in [5, 5.41) is 4.12. The molecule has 5 heterocycles. The second-order valence-electron chi connectivity index (χ2n) is 9.86. The van der Waals surface area contributed by atoms with E-state index in [-0.39, 0.29) is 17.4 Å². The van der Waals surface area contributed by atoms with Crippen molar-refractivity contribution >= 4 is 38.5 Å².